The van der Waals surface area contributed by atoms with E-state index in [-0.39, 0.29) is 6.04 Å². The largest absolute Gasteiger partial charge is 0.393 e. The Morgan fingerprint density at radius 2 is 2.33 bits per heavy atom. The molecule has 0 saturated carbocycles. The van der Waals surface area contributed by atoms with Gasteiger partial charge in [0.25, 0.3) is 0 Å². The van der Waals surface area contributed by atoms with E-state index in [9.17, 15) is 0 Å². The molecule has 2 heterocycles. The molecule has 2 aliphatic heterocycles. The number of likely N-dealkylation sites (tertiary alicyclic amines) is 1. The molecule has 3 nitrogen and oxygen atoms in total. The quantitative estimate of drug-likeness (QED) is 0.734. The standard InChI is InChI=1S/C11H17N3S/c1-7(2)14-5-3-4-9-10(14)8(6-12)11(13)15-9/h7,9-10H,3-5,13H2,1-2H3. The van der Waals surface area contributed by atoms with Crippen molar-refractivity contribution in [2.45, 2.75) is 44.0 Å². The maximum atomic E-state index is 9.15. The van der Waals surface area contributed by atoms with Gasteiger partial charge < -0.3 is 5.73 Å². The first kappa shape index (κ1) is 10.8. The lowest BCUT2D eigenvalue weighted by Crippen LogP contribution is -2.49. The number of hydrogen-bond acceptors (Lipinski definition) is 4. The van der Waals surface area contributed by atoms with Gasteiger partial charge in [0.05, 0.1) is 22.7 Å². The molecular weight excluding hydrogens is 206 g/mol. The molecule has 0 spiro atoms. The number of hydrogen-bond donors (Lipinski definition) is 1. The second kappa shape index (κ2) is 4.07. The third-order valence-electron chi connectivity index (χ3n) is 3.24. The summed E-state index contributed by atoms with van der Waals surface area (Å²) in [4.78, 5) is 2.42. The first-order chi connectivity index (χ1) is 7.15. The van der Waals surface area contributed by atoms with E-state index in [1.165, 1.54) is 12.8 Å². The van der Waals surface area contributed by atoms with Gasteiger partial charge in [0.1, 0.15) is 0 Å². The van der Waals surface area contributed by atoms with Gasteiger partial charge in [0.2, 0.25) is 0 Å². The van der Waals surface area contributed by atoms with Crippen molar-refractivity contribution in [2.24, 2.45) is 5.73 Å². The highest BCUT2D eigenvalue weighted by Gasteiger charge is 2.41. The molecule has 15 heavy (non-hydrogen) atoms. The summed E-state index contributed by atoms with van der Waals surface area (Å²) in [7, 11) is 0. The Labute approximate surface area is 95.3 Å². The highest BCUT2D eigenvalue weighted by atomic mass is 32.2. The first-order valence-corrected chi connectivity index (χ1v) is 6.35. The van der Waals surface area contributed by atoms with Crippen molar-refractivity contribution in [2.75, 3.05) is 6.54 Å². The Morgan fingerprint density at radius 1 is 1.60 bits per heavy atom. The maximum absolute atomic E-state index is 9.15. The summed E-state index contributed by atoms with van der Waals surface area (Å²) in [6.45, 7) is 5.48. The van der Waals surface area contributed by atoms with Gasteiger partial charge in [-0.3, -0.25) is 4.90 Å². The molecule has 0 radical (unpaired) electrons. The van der Waals surface area contributed by atoms with Gasteiger partial charge in [-0.1, -0.05) is 0 Å². The molecule has 2 N–H and O–H groups in total. The number of rotatable bonds is 1. The Kier molecular flexibility index (Phi) is 2.94. The third-order valence-corrected chi connectivity index (χ3v) is 4.51. The first-order valence-electron chi connectivity index (χ1n) is 5.47. The van der Waals surface area contributed by atoms with Crippen molar-refractivity contribution in [3.8, 4) is 6.07 Å². The normalized spacial score (nSPS) is 31.9. The van der Waals surface area contributed by atoms with Crippen LogP contribution in [0.25, 0.3) is 0 Å². The van der Waals surface area contributed by atoms with Gasteiger partial charge in [-0.25, -0.2) is 0 Å². The van der Waals surface area contributed by atoms with Crippen molar-refractivity contribution < 1.29 is 0 Å². The number of thioether (sulfide) groups is 1. The minimum atomic E-state index is 0.272. The molecule has 0 aromatic carbocycles. The molecule has 0 amide bonds. The molecule has 0 aromatic rings. The fraction of sp³-hybridized carbons (Fsp3) is 0.727. The minimum absolute atomic E-state index is 0.272. The second-order valence-electron chi connectivity index (χ2n) is 4.46. The molecule has 0 aromatic heterocycles. The van der Waals surface area contributed by atoms with Crippen LogP contribution in [0.1, 0.15) is 26.7 Å². The molecule has 2 aliphatic rings. The van der Waals surface area contributed by atoms with Crippen molar-refractivity contribution in [3.05, 3.63) is 10.6 Å². The van der Waals surface area contributed by atoms with Crippen LogP contribution in [0.5, 0.6) is 0 Å². The number of nitrogens with zero attached hydrogens (tertiary/aromatic N) is 2. The maximum Gasteiger partial charge on any atom is 0.0991 e. The molecule has 1 fully saturated rings. The van der Waals surface area contributed by atoms with Crippen LogP contribution in [0.2, 0.25) is 0 Å². The summed E-state index contributed by atoms with van der Waals surface area (Å²) in [5.74, 6) is 0. The SMILES string of the molecule is CC(C)N1CCCC2SC(N)=C(C#N)C21. The Hall–Kier alpha value is -0.660. The molecular formula is C11H17N3S. The summed E-state index contributed by atoms with van der Waals surface area (Å²) < 4.78 is 0. The molecule has 2 rings (SSSR count). The lowest BCUT2D eigenvalue weighted by Gasteiger charge is -2.39. The van der Waals surface area contributed by atoms with Crippen LogP contribution >= 0.6 is 11.8 Å². The third kappa shape index (κ3) is 1.75. The van der Waals surface area contributed by atoms with Gasteiger partial charge in [-0.05, 0) is 33.2 Å². The molecule has 2 unspecified atom stereocenters. The van der Waals surface area contributed by atoms with E-state index >= 15 is 0 Å². The predicted molar refractivity (Wildman–Crippen MR) is 63.1 cm³/mol. The number of piperidine rings is 1. The van der Waals surface area contributed by atoms with E-state index < -0.39 is 0 Å². The zero-order valence-corrected chi connectivity index (χ0v) is 10.0. The summed E-state index contributed by atoms with van der Waals surface area (Å²) in [5.41, 5.74) is 6.71. The Balaban J connectivity index is 2.28. The van der Waals surface area contributed by atoms with Crippen molar-refractivity contribution in [1.29, 1.82) is 5.26 Å². The fourth-order valence-corrected chi connectivity index (χ4v) is 3.86. The van der Waals surface area contributed by atoms with Gasteiger partial charge in [-0.2, -0.15) is 5.26 Å². The smallest absolute Gasteiger partial charge is 0.0991 e. The fourth-order valence-electron chi connectivity index (χ4n) is 2.53. The average Bonchev–Trinajstić information content (AvgIpc) is 2.52. The molecule has 82 valence electrons. The van der Waals surface area contributed by atoms with Crippen LogP contribution in [-0.2, 0) is 0 Å². The van der Waals surface area contributed by atoms with Crippen LogP contribution in [0.4, 0.5) is 0 Å². The van der Waals surface area contributed by atoms with E-state index in [1.54, 1.807) is 11.8 Å². The summed E-state index contributed by atoms with van der Waals surface area (Å²) >= 11 is 1.70. The van der Waals surface area contributed by atoms with Crippen LogP contribution in [0.15, 0.2) is 10.6 Å². The van der Waals surface area contributed by atoms with Crippen LogP contribution in [-0.4, -0.2) is 28.8 Å². The van der Waals surface area contributed by atoms with E-state index in [2.05, 4.69) is 24.8 Å². The summed E-state index contributed by atoms with van der Waals surface area (Å²) in [5, 5.41) is 10.4. The highest BCUT2D eigenvalue weighted by molar-refractivity contribution is 8.04. The highest BCUT2D eigenvalue weighted by Crippen LogP contribution is 2.42. The van der Waals surface area contributed by atoms with Crippen LogP contribution < -0.4 is 5.73 Å². The topological polar surface area (TPSA) is 53.0 Å². The van der Waals surface area contributed by atoms with Crippen LogP contribution in [0, 0.1) is 11.3 Å². The molecule has 1 saturated heterocycles. The van der Waals surface area contributed by atoms with E-state index in [0.717, 1.165) is 17.1 Å². The van der Waals surface area contributed by atoms with Crippen molar-refractivity contribution in [3.63, 3.8) is 0 Å². The number of fused-ring (bicyclic) bond motifs is 1. The van der Waals surface area contributed by atoms with Crippen molar-refractivity contribution in [1.82, 2.24) is 4.90 Å². The molecule has 0 bridgehead atoms. The van der Waals surface area contributed by atoms with E-state index in [1.807, 2.05) is 0 Å². The molecule has 0 aliphatic carbocycles. The zero-order chi connectivity index (χ0) is 11.0. The summed E-state index contributed by atoms with van der Waals surface area (Å²) in [6.07, 6.45) is 2.41. The Morgan fingerprint density at radius 3 is 2.93 bits per heavy atom. The minimum Gasteiger partial charge on any atom is -0.393 e. The number of nitriles is 1. The summed E-state index contributed by atoms with van der Waals surface area (Å²) in [6, 6.07) is 3.06. The van der Waals surface area contributed by atoms with Gasteiger partial charge in [0.15, 0.2) is 0 Å². The zero-order valence-electron chi connectivity index (χ0n) is 9.23. The lowest BCUT2D eigenvalue weighted by molar-refractivity contribution is 0.143. The van der Waals surface area contributed by atoms with Gasteiger partial charge in [0, 0.05) is 11.3 Å². The Bertz CT molecular complexity index is 329. The molecule has 4 heteroatoms. The van der Waals surface area contributed by atoms with E-state index in [0.29, 0.717) is 11.3 Å². The van der Waals surface area contributed by atoms with Gasteiger partial charge in [-0.15, -0.1) is 11.8 Å². The van der Waals surface area contributed by atoms with Gasteiger partial charge >= 0.3 is 0 Å². The monoisotopic (exact) mass is 223 g/mol. The molecule has 2 atom stereocenters. The van der Waals surface area contributed by atoms with Crippen LogP contribution in [0.3, 0.4) is 0 Å². The predicted octanol–water partition coefficient (Wildman–Crippen LogP) is 1.67. The second-order valence-corrected chi connectivity index (χ2v) is 5.75. The lowest BCUT2D eigenvalue weighted by atomic mass is 9.94. The van der Waals surface area contributed by atoms with E-state index in [4.69, 9.17) is 11.0 Å². The average molecular weight is 223 g/mol. The van der Waals surface area contributed by atoms with Crippen molar-refractivity contribution >= 4 is 11.8 Å². The number of nitrogens with two attached hydrogens (primary N) is 1.